The zero-order valence-electron chi connectivity index (χ0n) is 22.1. The Hall–Kier alpha value is -1.95. The van der Waals surface area contributed by atoms with E-state index < -0.39 is 0 Å². The monoisotopic (exact) mass is 477 g/mol. The molecule has 0 bridgehead atoms. The minimum absolute atomic E-state index is 0.166. The lowest BCUT2D eigenvalue weighted by Gasteiger charge is -2.25. The van der Waals surface area contributed by atoms with E-state index in [0.717, 1.165) is 62.2 Å². The predicted molar refractivity (Wildman–Crippen MR) is 137 cm³/mol. The molecule has 1 heterocycles. The Morgan fingerprint density at radius 3 is 2.44 bits per heavy atom. The Labute approximate surface area is 207 Å². The third kappa shape index (κ3) is 10.5. The van der Waals surface area contributed by atoms with Crippen molar-refractivity contribution in [3.05, 3.63) is 17.7 Å². The number of nitrogens with one attached hydrogen (secondary N) is 1. The van der Waals surface area contributed by atoms with Crippen LogP contribution in [-0.4, -0.2) is 45.5 Å². The number of hydrogen-bond donors (Lipinski definition) is 1. The second-order valence-electron chi connectivity index (χ2n) is 10.1. The van der Waals surface area contributed by atoms with Gasteiger partial charge in [0.2, 0.25) is 11.7 Å². The van der Waals surface area contributed by atoms with Gasteiger partial charge in [-0.15, -0.1) is 0 Å². The number of benzene rings is 1. The van der Waals surface area contributed by atoms with Gasteiger partial charge in [-0.1, -0.05) is 39.5 Å². The van der Waals surface area contributed by atoms with Crippen molar-refractivity contribution in [3.63, 3.8) is 0 Å². The van der Waals surface area contributed by atoms with Crippen molar-refractivity contribution in [3.8, 4) is 17.2 Å². The summed E-state index contributed by atoms with van der Waals surface area (Å²) >= 11 is 0. The number of unbranched alkanes of at least 4 members (excludes halogenated alkanes) is 3. The van der Waals surface area contributed by atoms with E-state index in [4.69, 9.17) is 18.9 Å². The molecule has 1 N–H and O–H groups in total. The SMILES string of the molecule is COCCCOc1cc(C(CCCCCCC(=O)NC(C)C)CCC(C)C)cc2c1OCCO2. The zero-order valence-corrected chi connectivity index (χ0v) is 22.1. The second kappa shape index (κ2) is 15.9. The molecule has 0 radical (unpaired) electrons. The molecule has 0 saturated carbocycles. The number of fused-ring (bicyclic) bond motifs is 1. The first-order valence-corrected chi connectivity index (χ1v) is 13.2. The van der Waals surface area contributed by atoms with Gasteiger partial charge in [-0.3, -0.25) is 4.79 Å². The summed E-state index contributed by atoms with van der Waals surface area (Å²) in [4.78, 5) is 11.8. The van der Waals surface area contributed by atoms with Gasteiger partial charge in [0.05, 0.1) is 6.61 Å². The molecule has 0 fully saturated rings. The van der Waals surface area contributed by atoms with Crippen LogP contribution in [0.2, 0.25) is 0 Å². The van der Waals surface area contributed by atoms with Crippen LogP contribution in [0.15, 0.2) is 12.1 Å². The van der Waals surface area contributed by atoms with Crippen LogP contribution in [0.25, 0.3) is 0 Å². The summed E-state index contributed by atoms with van der Waals surface area (Å²) in [6.45, 7) is 11.0. The fourth-order valence-corrected chi connectivity index (χ4v) is 4.31. The lowest BCUT2D eigenvalue weighted by atomic mass is 9.86. The molecule has 1 aromatic carbocycles. The van der Waals surface area contributed by atoms with Crippen LogP contribution >= 0.6 is 0 Å². The van der Waals surface area contributed by atoms with Crippen molar-refractivity contribution in [1.29, 1.82) is 0 Å². The highest BCUT2D eigenvalue weighted by Crippen LogP contribution is 2.44. The first-order chi connectivity index (χ1) is 16.4. The molecule has 1 unspecified atom stereocenters. The summed E-state index contributed by atoms with van der Waals surface area (Å²) in [5.41, 5.74) is 1.28. The van der Waals surface area contributed by atoms with Crippen LogP contribution in [0, 0.1) is 5.92 Å². The van der Waals surface area contributed by atoms with Crippen LogP contribution in [0.5, 0.6) is 17.2 Å². The average molecular weight is 478 g/mol. The van der Waals surface area contributed by atoms with Gasteiger partial charge in [-0.25, -0.2) is 0 Å². The second-order valence-corrected chi connectivity index (χ2v) is 10.1. The molecule has 2 rings (SSSR count). The molecular formula is C28H47NO5. The Kier molecular flexibility index (Phi) is 13.2. The molecule has 1 aromatic rings. The lowest BCUT2D eigenvalue weighted by Crippen LogP contribution is -2.29. The largest absolute Gasteiger partial charge is 0.489 e. The number of methoxy groups -OCH3 is 1. The molecule has 1 atom stereocenters. The highest BCUT2D eigenvalue weighted by Gasteiger charge is 2.22. The van der Waals surface area contributed by atoms with Crippen molar-refractivity contribution in [2.45, 2.75) is 97.4 Å². The van der Waals surface area contributed by atoms with Gasteiger partial charge < -0.3 is 24.3 Å². The summed E-state index contributed by atoms with van der Waals surface area (Å²) in [5.74, 6) is 3.62. The predicted octanol–water partition coefficient (Wildman–Crippen LogP) is 6.26. The third-order valence-electron chi connectivity index (χ3n) is 6.10. The topological polar surface area (TPSA) is 66.0 Å². The molecule has 0 spiro atoms. The van der Waals surface area contributed by atoms with E-state index in [-0.39, 0.29) is 11.9 Å². The van der Waals surface area contributed by atoms with Gasteiger partial charge in [0, 0.05) is 32.6 Å². The molecule has 1 aliphatic rings. The molecule has 194 valence electrons. The van der Waals surface area contributed by atoms with Crippen LogP contribution in [0.1, 0.15) is 97.0 Å². The number of rotatable bonds is 17. The lowest BCUT2D eigenvalue weighted by molar-refractivity contribution is -0.121. The van der Waals surface area contributed by atoms with Gasteiger partial charge in [0.25, 0.3) is 0 Å². The normalized spacial score (nSPS) is 13.9. The van der Waals surface area contributed by atoms with Gasteiger partial charge in [0.15, 0.2) is 11.5 Å². The Morgan fingerprint density at radius 2 is 1.71 bits per heavy atom. The van der Waals surface area contributed by atoms with Crippen molar-refractivity contribution in [2.24, 2.45) is 5.92 Å². The standard InChI is InChI=1S/C28H47NO5/c1-21(2)13-14-23(11-8-6-7-9-12-27(30)29-22(3)4)24-19-25(32-16-10-15-31-5)28-26(20-24)33-17-18-34-28/h19-23H,6-18H2,1-5H3,(H,29,30). The molecule has 6 nitrogen and oxygen atoms in total. The van der Waals surface area contributed by atoms with Crippen molar-refractivity contribution < 1.29 is 23.7 Å². The molecule has 0 saturated heterocycles. The molecule has 6 heteroatoms. The maximum Gasteiger partial charge on any atom is 0.220 e. The average Bonchev–Trinajstić information content (AvgIpc) is 2.80. The van der Waals surface area contributed by atoms with Gasteiger partial charge in [0.1, 0.15) is 13.2 Å². The zero-order chi connectivity index (χ0) is 24.8. The minimum atomic E-state index is 0.166. The first-order valence-electron chi connectivity index (χ1n) is 13.2. The summed E-state index contributed by atoms with van der Waals surface area (Å²) < 4.78 is 23.1. The highest BCUT2D eigenvalue weighted by molar-refractivity contribution is 5.76. The number of carbonyl (C=O) groups excluding carboxylic acids is 1. The number of carbonyl (C=O) groups is 1. The third-order valence-corrected chi connectivity index (χ3v) is 6.10. The van der Waals surface area contributed by atoms with Crippen LogP contribution in [0.3, 0.4) is 0 Å². The molecule has 0 aliphatic carbocycles. The summed E-state index contributed by atoms with van der Waals surface area (Å²) in [7, 11) is 1.71. The Bertz CT molecular complexity index is 719. The van der Waals surface area contributed by atoms with Crippen molar-refractivity contribution >= 4 is 5.91 Å². The van der Waals surface area contributed by atoms with E-state index in [1.807, 2.05) is 13.8 Å². The van der Waals surface area contributed by atoms with Crippen molar-refractivity contribution in [2.75, 3.05) is 33.5 Å². The fourth-order valence-electron chi connectivity index (χ4n) is 4.31. The van der Waals surface area contributed by atoms with E-state index in [1.54, 1.807) is 7.11 Å². The van der Waals surface area contributed by atoms with E-state index >= 15 is 0 Å². The van der Waals surface area contributed by atoms with E-state index in [9.17, 15) is 4.79 Å². The molecule has 0 aromatic heterocycles. The van der Waals surface area contributed by atoms with Gasteiger partial charge in [-0.05, 0) is 62.6 Å². The summed E-state index contributed by atoms with van der Waals surface area (Å²) in [6, 6.07) is 4.55. The number of hydrogen-bond acceptors (Lipinski definition) is 5. The Morgan fingerprint density at radius 1 is 0.941 bits per heavy atom. The van der Waals surface area contributed by atoms with Crippen LogP contribution in [-0.2, 0) is 9.53 Å². The van der Waals surface area contributed by atoms with Gasteiger partial charge >= 0.3 is 0 Å². The molecule has 34 heavy (non-hydrogen) atoms. The smallest absolute Gasteiger partial charge is 0.220 e. The van der Waals surface area contributed by atoms with E-state index in [1.165, 1.54) is 12.0 Å². The quantitative estimate of drug-likeness (QED) is 0.268. The fraction of sp³-hybridized carbons (Fsp3) is 0.750. The van der Waals surface area contributed by atoms with Crippen LogP contribution in [0.4, 0.5) is 0 Å². The van der Waals surface area contributed by atoms with Crippen LogP contribution < -0.4 is 19.5 Å². The Balaban J connectivity index is 1.99. The minimum Gasteiger partial charge on any atom is -0.489 e. The van der Waals surface area contributed by atoms with Crippen molar-refractivity contribution in [1.82, 2.24) is 5.32 Å². The summed E-state index contributed by atoms with van der Waals surface area (Å²) in [5, 5.41) is 2.97. The molecule has 1 aliphatic heterocycles. The highest BCUT2D eigenvalue weighted by atomic mass is 16.6. The van der Waals surface area contributed by atoms with E-state index in [2.05, 4.69) is 31.3 Å². The maximum atomic E-state index is 11.8. The van der Waals surface area contributed by atoms with E-state index in [0.29, 0.717) is 44.7 Å². The summed E-state index contributed by atoms with van der Waals surface area (Å²) in [6.07, 6.45) is 9.30. The number of ether oxygens (including phenoxy) is 4. The van der Waals surface area contributed by atoms with Gasteiger partial charge in [-0.2, -0.15) is 0 Å². The molecule has 1 amide bonds. The first kappa shape index (κ1) is 28.3. The maximum absolute atomic E-state index is 11.8. The molecular weight excluding hydrogens is 430 g/mol. The number of amides is 1.